The van der Waals surface area contributed by atoms with Gasteiger partial charge in [0.15, 0.2) is 0 Å². The molecule has 0 radical (unpaired) electrons. The van der Waals surface area contributed by atoms with Crippen LogP contribution < -0.4 is 0 Å². The third-order valence-electron chi connectivity index (χ3n) is 2.81. The van der Waals surface area contributed by atoms with Crippen molar-refractivity contribution in [2.24, 2.45) is 0 Å². The van der Waals surface area contributed by atoms with Crippen molar-refractivity contribution in [1.29, 1.82) is 0 Å². The molecule has 0 saturated heterocycles. The Morgan fingerprint density at radius 2 is 1.74 bits per heavy atom. The highest BCUT2D eigenvalue weighted by Crippen LogP contribution is 2.29. The monoisotopic (exact) mass is 268 g/mol. The number of allylic oxidation sites excluding steroid dienone is 1. The van der Waals surface area contributed by atoms with Crippen LogP contribution in [0, 0.1) is 0 Å². The third kappa shape index (κ3) is 6.30. The summed E-state index contributed by atoms with van der Waals surface area (Å²) in [6, 6.07) is 5.10. The molecule has 19 heavy (non-hydrogen) atoms. The number of halogens is 3. The van der Waals surface area contributed by atoms with E-state index in [4.69, 9.17) is 0 Å². The average molecular weight is 268 g/mol. The normalized spacial score (nSPS) is 10.9. The highest BCUT2D eigenvalue weighted by molar-refractivity contribution is 5.49. The predicted molar refractivity (Wildman–Crippen MR) is 72.8 cm³/mol. The van der Waals surface area contributed by atoms with Crippen molar-refractivity contribution >= 4 is 6.08 Å². The highest BCUT2D eigenvalue weighted by Gasteiger charge is 2.29. The Morgan fingerprint density at radius 3 is 2.32 bits per heavy atom. The van der Waals surface area contributed by atoms with Crippen molar-refractivity contribution in [3.05, 3.63) is 47.2 Å². The lowest BCUT2D eigenvalue weighted by molar-refractivity contribution is -0.137. The fourth-order valence-corrected chi connectivity index (χ4v) is 1.68. The first kappa shape index (κ1) is 15.6. The molecule has 0 heterocycles. The van der Waals surface area contributed by atoms with E-state index in [2.05, 4.69) is 12.7 Å². The largest absolute Gasteiger partial charge is 0.416 e. The number of alkyl halides is 3. The first-order valence-electron chi connectivity index (χ1n) is 6.62. The molecule has 0 saturated carbocycles. The Morgan fingerprint density at radius 1 is 1.05 bits per heavy atom. The molecule has 0 unspecified atom stereocenters. The fourth-order valence-electron chi connectivity index (χ4n) is 1.68. The van der Waals surface area contributed by atoms with Gasteiger partial charge in [0.05, 0.1) is 5.56 Å². The molecule has 3 heteroatoms. The van der Waals surface area contributed by atoms with Crippen molar-refractivity contribution in [3.63, 3.8) is 0 Å². The number of rotatable bonds is 6. The second-order valence-corrected chi connectivity index (χ2v) is 4.48. The first-order chi connectivity index (χ1) is 9.04. The average Bonchev–Trinajstić information content (AvgIpc) is 2.37. The maximum absolute atomic E-state index is 12.3. The van der Waals surface area contributed by atoms with Crippen LogP contribution in [0.4, 0.5) is 13.2 Å². The second kappa shape index (κ2) is 7.85. The quantitative estimate of drug-likeness (QED) is 0.449. The molecule has 0 bridgehead atoms. The van der Waals surface area contributed by atoms with Gasteiger partial charge in [-0.1, -0.05) is 38.3 Å². The zero-order chi connectivity index (χ0) is 14.1. The maximum atomic E-state index is 12.3. The van der Waals surface area contributed by atoms with Crippen LogP contribution in [-0.2, 0) is 6.18 Å². The Labute approximate surface area is 112 Å². The summed E-state index contributed by atoms with van der Waals surface area (Å²) in [7, 11) is 0. The molecule has 0 aromatic heterocycles. The van der Waals surface area contributed by atoms with E-state index >= 15 is 0 Å². The molecule has 0 amide bonds. The van der Waals surface area contributed by atoms with E-state index in [1.54, 1.807) is 6.08 Å². The summed E-state index contributed by atoms with van der Waals surface area (Å²) in [5.74, 6) is 0. The number of hydrogen-bond donors (Lipinski definition) is 0. The predicted octanol–water partition coefficient (Wildman–Crippen LogP) is 5.84. The molecule has 0 aliphatic carbocycles. The van der Waals surface area contributed by atoms with E-state index in [1.165, 1.54) is 31.4 Å². The van der Waals surface area contributed by atoms with Gasteiger partial charge in [0.25, 0.3) is 0 Å². The highest BCUT2D eigenvalue weighted by atomic mass is 19.4. The zero-order valence-corrected chi connectivity index (χ0v) is 11.1. The van der Waals surface area contributed by atoms with Crippen LogP contribution in [-0.4, -0.2) is 0 Å². The minimum atomic E-state index is -4.27. The van der Waals surface area contributed by atoms with E-state index in [9.17, 15) is 13.2 Å². The lowest BCUT2D eigenvalue weighted by Gasteiger charge is -2.05. The van der Waals surface area contributed by atoms with Gasteiger partial charge in [-0.25, -0.2) is 0 Å². The minimum absolute atomic E-state index is 0.617. The molecule has 104 valence electrons. The first-order valence-corrected chi connectivity index (χ1v) is 6.62. The number of benzene rings is 1. The molecular weight excluding hydrogens is 249 g/mol. The van der Waals surface area contributed by atoms with Gasteiger partial charge in [0, 0.05) is 0 Å². The third-order valence-corrected chi connectivity index (χ3v) is 2.81. The van der Waals surface area contributed by atoms with Crippen LogP contribution in [0.15, 0.2) is 36.1 Å². The van der Waals surface area contributed by atoms with E-state index in [0.717, 1.165) is 30.5 Å². The SMILES string of the molecule is CCCCCCC=C=Cc1ccc(C(F)(F)F)cc1. The fraction of sp³-hybridized carbons (Fsp3) is 0.438. The Balaban J connectivity index is 2.46. The van der Waals surface area contributed by atoms with Crippen molar-refractivity contribution < 1.29 is 13.2 Å². The smallest absolute Gasteiger partial charge is 0.166 e. The lowest BCUT2D eigenvalue weighted by atomic mass is 10.1. The van der Waals surface area contributed by atoms with E-state index in [0.29, 0.717) is 0 Å². The molecule has 0 spiro atoms. The lowest BCUT2D eigenvalue weighted by Crippen LogP contribution is -2.03. The van der Waals surface area contributed by atoms with Crippen LogP contribution in [0.5, 0.6) is 0 Å². The Hall–Kier alpha value is -1.47. The van der Waals surface area contributed by atoms with Crippen molar-refractivity contribution in [2.45, 2.75) is 45.2 Å². The van der Waals surface area contributed by atoms with Crippen LogP contribution in [0.2, 0.25) is 0 Å². The summed E-state index contributed by atoms with van der Waals surface area (Å²) in [6.45, 7) is 2.17. The van der Waals surface area contributed by atoms with Gasteiger partial charge in [-0.2, -0.15) is 13.2 Å². The van der Waals surface area contributed by atoms with Crippen molar-refractivity contribution in [1.82, 2.24) is 0 Å². The van der Waals surface area contributed by atoms with Crippen molar-refractivity contribution in [2.75, 3.05) is 0 Å². The Kier molecular flexibility index (Phi) is 6.44. The molecule has 0 aliphatic heterocycles. The van der Waals surface area contributed by atoms with Gasteiger partial charge < -0.3 is 0 Å². The van der Waals surface area contributed by atoms with Gasteiger partial charge in [-0.05, 0) is 42.7 Å². The van der Waals surface area contributed by atoms with Gasteiger partial charge in [0.2, 0.25) is 0 Å². The summed E-state index contributed by atoms with van der Waals surface area (Å²) in [6.07, 6.45) is 5.17. The number of hydrogen-bond acceptors (Lipinski definition) is 0. The minimum Gasteiger partial charge on any atom is -0.166 e. The van der Waals surface area contributed by atoms with Gasteiger partial charge >= 0.3 is 6.18 Å². The molecule has 1 rings (SSSR count). The summed E-state index contributed by atoms with van der Waals surface area (Å²) in [5.41, 5.74) is 3.12. The van der Waals surface area contributed by atoms with Gasteiger partial charge in [-0.15, -0.1) is 5.73 Å². The molecule has 0 N–H and O–H groups in total. The molecule has 0 atom stereocenters. The summed E-state index contributed by atoms with van der Waals surface area (Å²) < 4.78 is 37.0. The molecule has 0 aliphatic rings. The number of unbranched alkanes of at least 4 members (excludes halogenated alkanes) is 4. The van der Waals surface area contributed by atoms with Crippen molar-refractivity contribution in [3.8, 4) is 0 Å². The molecule has 0 nitrogen and oxygen atoms in total. The summed E-state index contributed by atoms with van der Waals surface area (Å²) in [5, 5.41) is 0. The molecule has 1 aromatic rings. The summed E-state index contributed by atoms with van der Waals surface area (Å²) in [4.78, 5) is 0. The van der Waals surface area contributed by atoms with E-state index in [1.807, 2.05) is 6.08 Å². The maximum Gasteiger partial charge on any atom is 0.416 e. The van der Waals surface area contributed by atoms with Crippen LogP contribution in [0.1, 0.15) is 50.2 Å². The van der Waals surface area contributed by atoms with Crippen LogP contribution in [0.3, 0.4) is 0 Å². The molecule has 0 fully saturated rings. The van der Waals surface area contributed by atoms with Gasteiger partial charge in [-0.3, -0.25) is 0 Å². The summed E-state index contributed by atoms with van der Waals surface area (Å²) >= 11 is 0. The van der Waals surface area contributed by atoms with E-state index in [-0.39, 0.29) is 0 Å². The van der Waals surface area contributed by atoms with Gasteiger partial charge in [0.1, 0.15) is 0 Å². The zero-order valence-electron chi connectivity index (χ0n) is 11.1. The van der Waals surface area contributed by atoms with E-state index < -0.39 is 11.7 Å². The molecular formula is C16H19F3. The standard InChI is InChI=1S/C16H19F3/c1-2-3-4-5-6-7-8-9-14-10-12-15(13-11-14)16(17,18)19/h7,9-13H,2-6H2,1H3. The van der Waals surface area contributed by atoms with Crippen LogP contribution >= 0.6 is 0 Å². The Bertz CT molecular complexity index is 420. The van der Waals surface area contributed by atoms with Crippen LogP contribution in [0.25, 0.3) is 6.08 Å². The molecule has 1 aromatic carbocycles. The second-order valence-electron chi connectivity index (χ2n) is 4.48. The topological polar surface area (TPSA) is 0 Å².